The maximum Gasteiger partial charge on any atom is 0.344 e. The van der Waals surface area contributed by atoms with Crippen LogP contribution in [0.25, 0.3) is 22.8 Å². The number of rotatable bonds is 5. The molecule has 170 valence electrons. The van der Waals surface area contributed by atoms with Gasteiger partial charge < -0.3 is 4.74 Å². The molecule has 0 radical (unpaired) electrons. The number of benzene rings is 1. The van der Waals surface area contributed by atoms with Gasteiger partial charge in [0, 0.05) is 25.0 Å². The number of carbonyl (C=O) groups is 1. The van der Waals surface area contributed by atoms with E-state index in [1.807, 2.05) is 64.1 Å². The summed E-state index contributed by atoms with van der Waals surface area (Å²) in [5.74, 6) is -0.458. The largest absolute Gasteiger partial charge is 0.417 e. The van der Waals surface area contributed by atoms with E-state index in [4.69, 9.17) is 4.74 Å². The second-order valence-electron chi connectivity index (χ2n) is 7.99. The first-order chi connectivity index (χ1) is 16.3. The smallest absolute Gasteiger partial charge is 0.344 e. The van der Waals surface area contributed by atoms with Crippen molar-refractivity contribution < 1.29 is 9.53 Å². The van der Waals surface area contributed by atoms with Gasteiger partial charge in [-0.15, -0.1) is 0 Å². The molecule has 0 bridgehead atoms. The fourth-order valence-electron chi connectivity index (χ4n) is 3.88. The van der Waals surface area contributed by atoms with Crippen LogP contribution in [0.4, 0.5) is 0 Å². The zero-order valence-electron chi connectivity index (χ0n) is 19.7. The second-order valence-corrected chi connectivity index (χ2v) is 7.99. The first-order valence-corrected chi connectivity index (χ1v) is 10.7. The molecule has 0 N–H and O–H groups in total. The quantitative estimate of drug-likeness (QED) is 0.249. The molecule has 0 unspecified atom stereocenters. The molecule has 1 aromatic carbocycles. The van der Waals surface area contributed by atoms with Crippen molar-refractivity contribution in [1.29, 1.82) is 5.26 Å². The highest BCUT2D eigenvalue weighted by Gasteiger charge is 2.26. The topological polar surface area (TPSA) is 98.6 Å². The average molecular weight is 453 g/mol. The summed E-state index contributed by atoms with van der Waals surface area (Å²) in [5, 5.41) is 19.2. The maximum absolute atomic E-state index is 13.3. The number of aromatic nitrogens is 5. The van der Waals surface area contributed by atoms with Gasteiger partial charge >= 0.3 is 5.97 Å². The molecule has 8 nitrogen and oxygen atoms in total. The summed E-state index contributed by atoms with van der Waals surface area (Å²) >= 11 is 0. The van der Waals surface area contributed by atoms with Gasteiger partial charge in [0.05, 0.1) is 17.0 Å². The number of nitriles is 1. The van der Waals surface area contributed by atoms with Crippen LogP contribution >= 0.6 is 0 Å². The lowest BCUT2D eigenvalue weighted by atomic mass is 10.0. The Labute approximate surface area is 197 Å². The van der Waals surface area contributed by atoms with E-state index in [0.717, 1.165) is 22.4 Å². The van der Waals surface area contributed by atoms with E-state index < -0.39 is 5.97 Å². The van der Waals surface area contributed by atoms with Crippen LogP contribution in [-0.2, 0) is 11.8 Å². The van der Waals surface area contributed by atoms with Crippen molar-refractivity contribution in [2.75, 3.05) is 0 Å². The molecule has 4 rings (SSSR count). The molecule has 0 aliphatic heterocycles. The number of ether oxygens (including phenoxy) is 1. The summed E-state index contributed by atoms with van der Waals surface area (Å²) in [4.78, 5) is 17.7. The Hall–Kier alpha value is -4.51. The standard InChI is InChI=1S/C26H24N6O2/c1-16-9-8-10-17(2)23(16)26(33)34-25(24-18(3)19(4)29-31(24)5)22(15-27)32-14-12-21(30-32)20-11-6-7-13-28-20/h6-14H,1-5H3. The highest BCUT2D eigenvalue weighted by Crippen LogP contribution is 2.29. The molecule has 0 fully saturated rings. The molecule has 0 aliphatic carbocycles. The fourth-order valence-corrected chi connectivity index (χ4v) is 3.88. The lowest BCUT2D eigenvalue weighted by molar-refractivity contribution is 0.0689. The number of carbonyl (C=O) groups excluding carboxylic acids is 1. The number of nitrogens with zero attached hydrogens (tertiary/aromatic N) is 6. The van der Waals surface area contributed by atoms with E-state index in [1.165, 1.54) is 4.68 Å². The van der Waals surface area contributed by atoms with Gasteiger partial charge in [-0.1, -0.05) is 24.3 Å². The summed E-state index contributed by atoms with van der Waals surface area (Å²) in [5.41, 5.74) is 5.46. The molecule has 0 spiro atoms. The first kappa shape index (κ1) is 22.7. The molecule has 0 atom stereocenters. The summed E-state index contributed by atoms with van der Waals surface area (Å²) in [6.45, 7) is 7.44. The molecule has 0 aliphatic rings. The average Bonchev–Trinajstić information content (AvgIpc) is 3.39. The molecule has 3 heterocycles. The van der Waals surface area contributed by atoms with Crippen LogP contribution in [0.5, 0.6) is 0 Å². The number of allylic oxidation sites excluding steroid dienone is 1. The predicted octanol–water partition coefficient (Wildman–Crippen LogP) is 4.62. The molecule has 0 amide bonds. The van der Waals surface area contributed by atoms with Gasteiger partial charge in [0.25, 0.3) is 0 Å². The van der Waals surface area contributed by atoms with Crippen LogP contribution in [-0.4, -0.2) is 30.5 Å². The van der Waals surface area contributed by atoms with Crippen molar-refractivity contribution in [3.8, 4) is 17.5 Å². The van der Waals surface area contributed by atoms with Crippen molar-refractivity contribution in [1.82, 2.24) is 24.5 Å². The minimum Gasteiger partial charge on any atom is -0.417 e. The Bertz CT molecular complexity index is 1430. The number of pyridine rings is 1. The minimum absolute atomic E-state index is 0.0628. The maximum atomic E-state index is 13.3. The zero-order chi connectivity index (χ0) is 24.4. The van der Waals surface area contributed by atoms with Crippen LogP contribution in [0, 0.1) is 39.0 Å². The Morgan fingerprint density at radius 2 is 1.71 bits per heavy atom. The first-order valence-electron chi connectivity index (χ1n) is 10.7. The lowest BCUT2D eigenvalue weighted by Crippen LogP contribution is -2.14. The van der Waals surface area contributed by atoms with E-state index in [0.29, 0.717) is 22.6 Å². The number of hydrogen-bond donors (Lipinski definition) is 0. The van der Waals surface area contributed by atoms with Crippen LogP contribution in [0.15, 0.2) is 54.9 Å². The fraction of sp³-hybridized carbons (Fsp3) is 0.192. The summed E-state index contributed by atoms with van der Waals surface area (Å²) in [6.07, 6.45) is 3.32. The molecular weight excluding hydrogens is 428 g/mol. The van der Waals surface area contributed by atoms with Crippen molar-refractivity contribution in [3.05, 3.63) is 88.5 Å². The van der Waals surface area contributed by atoms with Gasteiger partial charge in [-0.25, -0.2) is 9.48 Å². The lowest BCUT2D eigenvalue weighted by Gasteiger charge is -2.15. The highest BCUT2D eigenvalue weighted by molar-refractivity contribution is 5.99. The van der Waals surface area contributed by atoms with Crippen LogP contribution < -0.4 is 0 Å². The normalized spacial score (nSPS) is 11.6. The number of hydrogen-bond acceptors (Lipinski definition) is 6. The summed E-state index contributed by atoms with van der Waals surface area (Å²) in [6, 6.07) is 15.0. The Kier molecular flexibility index (Phi) is 6.11. The third-order valence-electron chi connectivity index (χ3n) is 5.68. The molecule has 0 saturated heterocycles. The molecular formula is C26H24N6O2. The summed E-state index contributed by atoms with van der Waals surface area (Å²) < 4.78 is 8.97. The Balaban J connectivity index is 1.89. The predicted molar refractivity (Wildman–Crippen MR) is 128 cm³/mol. The second kappa shape index (κ2) is 9.16. The zero-order valence-corrected chi connectivity index (χ0v) is 19.7. The van der Waals surface area contributed by atoms with Crippen molar-refractivity contribution in [3.63, 3.8) is 0 Å². The number of aryl methyl sites for hydroxylation is 4. The van der Waals surface area contributed by atoms with E-state index >= 15 is 0 Å². The SMILES string of the molecule is Cc1cccc(C)c1C(=O)OC(=C(C#N)n1ccc(-c2ccccn2)n1)c1c(C)c(C)nn1C. The van der Waals surface area contributed by atoms with Crippen LogP contribution in [0.1, 0.15) is 38.4 Å². The highest BCUT2D eigenvalue weighted by atomic mass is 16.5. The van der Waals surface area contributed by atoms with Crippen molar-refractivity contribution >= 4 is 17.4 Å². The van der Waals surface area contributed by atoms with Gasteiger partial charge in [-0.05, 0) is 57.0 Å². The third kappa shape index (κ3) is 4.11. The third-order valence-corrected chi connectivity index (χ3v) is 5.68. The Morgan fingerprint density at radius 1 is 0.971 bits per heavy atom. The van der Waals surface area contributed by atoms with E-state index in [2.05, 4.69) is 21.3 Å². The number of esters is 1. The molecule has 34 heavy (non-hydrogen) atoms. The van der Waals surface area contributed by atoms with Crippen molar-refractivity contribution in [2.45, 2.75) is 27.7 Å². The molecule has 4 aromatic rings. The van der Waals surface area contributed by atoms with Gasteiger partial charge in [0.2, 0.25) is 0 Å². The molecule has 0 saturated carbocycles. The van der Waals surface area contributed by atoms with Crippen molar-refractivity contribution in [2.24, 2.45) is 7.05 Å². The van der Waals surface area contributed by atoms with Gasteiger partial charge in [0.15, 0.2) is 11.5 Å². The minimum atomic E-state index is -0.547. The van der Waals surface area contributed by atoms with E-state index in [-0.39, 0.29) is 11.5 Å². The Morgan fingerprint density at radius 3 is 2.29 bits per heavy atom. The monoisotopic (exact) mass is 452 g/mol. The van der Waals surface area contributed by atoms with Crippen LogP contribution in [0.2, 0.25) is 0 Å². The van der Waals surface area contributed by atoms with Gasteiger partial charge in [0.1, 0.15) is 17.5 Å². The van der Waals surface area contributed by atoms with E-state index in [9.17, 15) is 10.1 Å². The molecule has 3 aromatic heterocycles. The van der Waals surface area contributed by atoms with Gasteiger partial charge in [-0.3, -0.25) is 9.67 Å². The summed E-state index contributed by atoms with van der Waals surface area (Å²) in [7, 11) is 1.75. The van der Waals surface area contributed by atoms with Crippen LogP contribution in [0.3, 0.4) is 0 Å². The van der Waals surface area contributed by atoms with Gasteiger partial charge in [-0.2, -0.15) is 15.5 Å². The van der Waals surface area contributed by atoms with E-state index in [1.54, 1.807) is 30.2 Å². The molecule has 8 heteroatoms.